The van der Waals surface area contributed by atoms with E-state index in [1.165, 1.54) is 31.4 Å². The van der Waals surface area contributed by atoms with Crippen LogP contribution in [-0.2, 0) is 5.54 Å². The lowest BCUT2D eigenvalue weighted by molar-refractivity contribution is -0.385. The molecule has 130 valence electrons. The third-order valence-corrected chi connectivity index (χ3v) is 6.27. The lowest BCUT2D eigenvalue weighted by atomic mass is 9.53. The highest BCUT2D eigenvalue weighted by molar-refractivity contribution is 5.62. The first kappa shape index (κ1) is 14.8. The normalized spacial score (nSPS) is 32.9. The van der Waals surface area contributed by atoms with Crippen molar-refractivity contribution in [1.82, 2.24) is 20.2 Å². The minimum Gasteiger partial charge on any atom is -0.502 e. The smallest absolute Gasteiger partial charge is 0.311 e. The second kappa shape index (κ2) is 5.00. The summed E-state index contributed by atoms with van der Waals surface area (Å²) in [6, 6.07) is 4.19. The predicted molar refractivity (Wildman–Crippen MR) is 87.7 cm³/mol. The number of hydrogen-bond donors (Lipinski definition) is 1. The molecule has 4 aliphatic rings. The van der Waals surface area contributed by atoms with Gasteiger partial charge in [0.1, 0.15) is 0 Å². The molecule has 4 bridgehead atoms. The van der Waals surface area contributed by atoms with Crippen molar-refractivity contribution < 1.29 is 10.0 Å². The molecule has 0 unspecified atom stereocenters. The molecule has 0 saturated heterocycles. The maximum absolute atomic E-state index is 11.0. The van der Waals surface area contributed by atoms with Gasteiger partial charge in [0.05, 0.1) is 10.5 Å². The van der Waals surface area contributed by atoms with Crippen molar-refractivity contribution in [2.24, 2.45) is 17.8 Å². The zero-order valence-electron chi connectivity index (χ0n) is 13.7. The summed E-state index contributed by atoms with van der Waals surface area (Å²) in [7, 11) is 0. The van der Waals surface area contributed by atoms with Gasteiger partial charge in [-0.3, -0.25) is 10.1 Å². The van der Waals surface area contributed by atoms with Gasteiger partial charge in [-0.05, 0) is 73.6 Å². The van der Waals surface area contributed by atoms with Crippen LogP contribution in [0, 0.1) is 27.9 Å². The number of rotatable bonds is 3. The Morgan fingerprint density at radius 2 is 1.80 bits per heavy atom. The molecule has 8 heteroatoms. The summed E-state index contributed by atoms with van der Waals surface area (Å²) in [6.07, 6.45) is 7.36. The molecule has 0 radical (unpaired) electrons. The molecule has 1 aromatic heterocycles. The summed E-state index contributed by atoms with van der Waals surface area (Å²) >= 11 is 0. The first-order chi connectivity index (χ1) is 12.0. The number of tetrazole rings is 1. The fraction of sp³-hybridized carbons (Fsp3) is 0.588. The maximum Gasteiger partial charge on any atom is 0.311 e. The molecule has 4 aliphatic carbocycles. The second-order valence-electron chi connectivity index (χ2n) is 8.00. The number of phenolic OH excluding ortho intramolecular Hbond substituents is 1. The predicted octanol–water partition coefficient (Wildman–Crippen LogP) is 2.88. The van der Waals surface area contributed by atoms with Crippen LogP contribution in [0.3, 0.4) is 0 Å². The number of phenols is 1. The van der Waals surface area contributed by atoms with Gasteiger partial charge in [-0.15, -0.1) is 10.2 Å². The van der Waals surface area contributed by atoms with Crippen molar-refractivity contribution in [2.45, 2.75) is 44.1 Å². The molecule has 1 aromatic carbocycles. The van der Waals surface area contributed by atoms with E-state index < -0.39 is 4.92 Å². The van der Waals surface area contributed by atoms with Gasteiger partial charge in [0.2, 0.25) is 5.82 Å². The summed E-state index contributed by atoms with van der Waals surface area (Å²) in [6.45, 7) is 0. The maximum atomic E-state index is 11.0. The average molecular weight is 341 g/mol. The number of hydrogen-bond acceptors (Lipinski definition) is 6. The average Bonchev–Trinajstić information content (AvgIpc) is 3.04. The van der Waals surface area contributed by atoms with Crippen molar-refractivity contribution in [2.75, 3.05) is 0 Å². The van der Waals surface area contributed by atoms with Crippen LogP contribution in [0.25, 0.3) is 11.4 Å². The Kier molecular flexibility index (Phi) is 2.96. The molecule has 0 amide bonds. The number of aromatic nitrogens is 4. The van der Waals surface area contributed by atoms with Gasteiger partial charge < -0.3 is 5.11 Å². The first-order valence-corrected chi connectivity index (χ1v) is 8.81. The molecule has 4 fully saturated rings. The summed E-state index contributed by atoms with van der Waals surface area (Å²) in [5.74, 6) is 2.34. The SMILES string of the molecule is O=[N+]([O-])c1cc(-c2nnn(C34CC5CC(CC(C5)C3)C4)n2)ccc1O. The zero-order valence-corrected chi connectivity index (χ0v) is 13.7. The quantitative estimate of drug-likeness (QED) is 0.679. The third-order valence-electron chi connectivity index (χ3n) is 6.27. The van der Waals surface area contributed by atoms with E-state index in [9.17, 15) is 15.2 Å². The topological polar surface area (TPSA) is 107 Å². The van der Waals surface area contributed by atoms with E-state index in [2.05, 4.69) is 15.4 Å². The Morgan fingerprint density at radius 3 is 2.40 bits per heavy atom. The zero-order chi connectivity index (χ0) is 17.2. The minimum absolute atomic E-state index is 0.0249. The van der Waals surface area contributed by atoms with Crippen LogP contribution in [0.1, 0.15) is 38.5 Å². The number of aromatic hydroxyl groups is 1. The molecular formula is C17H19N5O3. The number of nitro groups is 1. The van der Waals surface area contributed by atoms with Crippen LogP contribution >= 0.6 is 0 Å². The molecule has 1 heterocycles. The molecular weight excluding hydrogens is 322 g/mol. The first-order valence-electron chi connectivity index (χ1n) is 8.81. The Balaban J connectivity index is 1.50. The fourth-order valence-electron chi connectivity index (χ4n) is 5.65. The number of nitro benzene ring substituents is 1. The summed E-state index contributed by atoms with van der Waals surface area (Å²) in [5.41, 5.74) is 0.132. The van der Waals surface area contributed by atoms with Gasteiger partial charge in [-0.25, -0.2) is 0 Å². The Bertz CT molecular complexity index is 826. The molecule has 25 heavy (non-hydrogen) atoms. The Hall–Kier alpha value is -2.51. The monoisotopic (exact) mass is 341 g/mol. The third kappa shape index (κ3) is 2.23. The van der Waals surface area contributed by atoms with Crippen LogP contribution in [0.2, 0.25) is 0 Å². The fourth-order valence-corrected chi connectivity index (χ4v) is 5.65. The van der Waals surface area contributed by atoms with Gasteiger partial charge in [0.15, 0.2) is 5.75 Å². The number of nitrogens with zero attached hydrogens (tertiary/aromatic N) is 5. The van der Waals surface area contributed by atoms with E-state index >= 15 is 0 Å². The molecule has 1 N–H and O–H groups in total. The molecule has 0 aliphatic heterocycles. The van der Waals surface area contributed by atoms with Crippen molar-refractivity contribution in [3.8, 4) is 17.1 Å². The van der Waals surface area contributed by atoms with Gasteiger partial charge in [-0.1, -0.05) is 0 Å². The summed E-state index contributed by atoms with van der Waals surface area (Å²) in [5, 5.41) is 33.7. The molecule has 0 spiro atoms. The van der Waals surface area contributed by atoms with Crippen LogP contribution in [0.5, 0.6) is 5.75 Å². The van der Waals surface area contributed by atoms with Crippen LogP contribution in [0.15, 0.2) is 18.2 Å². The Morgan fingerprint density at radius 1 is 1.16 bits per heavy atom. The largest absolute Gasteiger partial charge is 0.502 e. The highest BCUT2D eigenvalue weighted by Gasteiger charge is 2.53. The van der Waals surface area contributed by atoms with E-state index in [0.29, 0.717) is 11.4 Å². The molecule has 6 rings (SSSR count). The van der Waals surface area contributed by atoms with E-state index in [-0.39, 0.29) is 17.0 Å². The van der Waals surface area contributed by atoms with Crippen LogP contribution in [-0.4, -0.2) is 30.2 Å². The summed E-state index contributed by atoms with van der Waals surface area (Å²) < 4.78 is 0. The standard InChI is InChI=1S/C17H19N5O3/c23-15-2-1-13(6-14(15)21(24)25)16-18-20-22(19-16)17-7-10-3-11(8-17)5-12(4-10)9-17/h1-2,6,10-12,23H,3-5,7-9H2. The van der Waals surface area contributed by atoms with Crippen molar-refractivity contribution in [3.63, 3.8) is 0 Å². The van der Waals surface area contributed by atoms with Crippen molar-refractivity contribution in [1.29, 1.82) is 0 Å². The lowest BCUT2D eigenvalue weighted by Crippen LogP contribution is -2.52. The van der Waals surface area contributed by atoms with Crippen LogP contribution < -0.4 is 0 Å². The molecule has 4 saturated carbocycles. The highest BCUT2D eigenvalue weighted by Crippen LogP contribution is 2.58. The van der Waals surface area contributed by atoms with E-state index in [1.807, 2.05) is 0 Å². The Labute approximate surface area is 144 Å². The van der Waals surface area contributed by atoms with Gasteiger partial charge >= 0.3 is 5.69 Å². The van der Waals surface area contributed by atoms with Gasteiger partial charge in [0.25, 0.3) is 0 Å². The highest BCUT2D eigenvalue weighted by atomic mass is 16.6. The summed E-state index contributed by atoms with van der Waals surface area (Å²) in [4.78, 5) is 12.2. The second-order valence-corrected chi connectivity index (χ2v) is 8.00. The lowest BCUT2D eigenvalue weighted by Gasteiger charge is -2.55. The van der Waals surface area contributed by atoms with Crippen molar-refractivity contribution in [3.05, 3.63) is 28.3 Å². The van der Waals surface area contributed by atoms with E-state index in [4.69, 9.17) is 0 Å². The number of benzene rings is 1. The van der Waals surface area contributed by atoms with E-state index in [0.717, 1.165) is 37.0 Å². The molecule has 8 nitrogen and oxygen atoms in total. The molecule has 0 atom stereocenters. The van der Waals surface area contributed by atoms with E-state index in [1.54, 1.807) is 10.9 Å². The van der Waals surface area contributed by atoms with Gasteiger partial charge in [-0.2, -0.15) is 4.80 Å². The molecule has 2 aromatic rings. The van der Waals surface area contributed by atoms with Crippen LogP contribution in [0.4, 0.5) is 5.69 Å². The van der Waals surface area contributed by atoms with Gasteiger partial charge in [0, 0.05) is 11.6 Å². The minimum atomic E-state index is -0.609. The van der Waals surface area contributed by atoms with Crippen molar-refractivity contribution >= 4 is 5.69 Å².